The fraction of sp³-hybridized carbons (Fsp3) is 0.542. The highest BCUT2D eigenvalue weighted by Crippen LogP contribution is 2.39. The lowest BCUT2D eigenvalue weighted by atomic mass is 9.94. The maximum absolute atomic E-state index is 15.2. The predicted molar refractivity (Wildman–Crippen MR) is 123 cm³/mol. The molecular weight excluding hydrogens is 421 g/mol. The summed E-state index contributed by atoms with van der Waals surface area (Å²) in [6.45, 7) is 2.19. The molecule has 3 aromatic rings. The number of hydrogen-bond donors (Lipinski definition) is 1. The molecule has 2 fully saturated rings. The minimum Gasteiger partial charge on any atom is -0.507 e. The molecule has 3 atom stereocenters. The van der Waals surface area contributed by atoms with E-state index in [-0.39, 0.29) is 11.8 Å². The molecule has 0 amide bonds. The van der Waals surface area contributed by atoms with E-state index in [1.54, 1.807) is 36.4 Å². The van der Waals surface area contributed by atoms with Gasteiger partial charge in [0.2, 0.25) is 0 Å². The molecule has 1 N–H and O–H groups in total. The summed E-state index contributed by atoms with van der Waals surface area (Å²) in [5.41, 5.74) is 1.18. The van der Waals surface area contributed by atoms with Gasteiger partial charge in [0.05, 0.1) is 17.8 Å². The number of aromatic hydroxyl groups is 1. The van der Waals surface area contributed by atoms with Crippen molar-refractivity contribution in [2.24, 2.45) is 13.0 Å². The van der Waals surface area contributed by atoms with E-state index in [0.717, 1.165) is 38.5 Å². The topological polar surface area (TPSA) is 92.9 Å². The Bertz CT molecular complexity index is 1100. The SMILES string of the molecule is CC[C@@H]1CCC[C@H](F)[C@H](N(c2cnc(-c3ccc(-c4ncn(C)n4)cc3O)nn2)C2CC2)C1. The van der Waals surface area contributed by atoms with Crippen LogP contribution in [-0.2, 0) is 7.05 Å². The van der Waals surface area contributed by atoms with Crippen LogP contribution in [0.15, 0.2) is 30.7 Å². The van der Waals surface area contributed by atoms with Crippen molar-refractivity contribution >= 4 is 5.82 Å². The van der Waals surface area contributed by atoms with Gasteiger partial charge < -0.3 is 10.0 Å². The van der Waals surface area contributed by atoms with Crippen molar-refractivity contribution < 1.29 is 9.50 Å². The fourth-order valence-electron chi connectivity index (χ4n) is 4.88. The molecule has 0 bridgehead atoms. The Labute approximate surface area is 192 Å². The fourth-order valence-corrected chi connectivity index (χ4v) is 4.88. The van der Waals surface area contributed by atoms with Crippen molar-refractivity contribution in [3.8, 4) is 28.5 Å². The molecule has 33 heavy (non-hydrogen) atoms. The smallest absolute Gasteiger partial charge is 0.185 e. The normalized spacial score (nSPS) is 23.3. The van der Waals surface area contributed by atoms with E-state index < -0.39 is 6.17 Å². The van der Waals surface area contributed by atoms with Crippen molar-refractivity contribution in [2.45, 2.75) is 70.1 Å². The Morgan fingerprint density at radius 2 is 1.97 bits per heavy atom. The second kappa shape index (κ2) is 9.03. The first-order chi connectivity index (χ1) is 16.0. The van der Waals surface area contributed by atoms with Gasteiger partial charge in [-0.3, -0.25) is 4.68 Å². The summed E-state index contributed by atoms with van der Waals surface area (Å²) >= 11 is 0. The molecule has 5 rings (SSSR count). The van der Waals surface area contributed by atoms with Gasteiger partial charge in [-0.15, -0.1) is 10.2 Å². The summed E-state index contributed by atoms with van der Waals surface area (Å²) in [6, 6.07) is 5.30. The molecule has 2 heterocycles. The molecular formula is C24H30FN7O. The third-order valence-corrected chi connectivity index (χ3v) is 6.87. The van der Waals surface area contributed by atoms with Crippen LogP contribution < -0.4 is 4.90 Å². The zero-order valence-electron chi connectivity index (χ0n) is 19.1. The number of anilines is 1. The molecule has 2 aliphatic carbocycles. The van der Waals surface area contributed by atoms with Gasteiger partial charge in [-0.2, -0.15) is 5.10 Å². The van der Waals surface area contributed by atoms with E-state index in [1.807, 2.05) is 6.07 Å². The van der Waals surface area contributed by atoms with Gasteiger partial charge >= 0.3 is 0 Å². The van der Waals surface area contributed by atoms with Gasteiger partial charge in [-0.05, 0) is 43.7 Å². The number of benzene rings is 1. The van der Waals surface area contributed by atoms with Crippen LogP contribution in [0, 0.1) is 5.92 Å². The third kappa shape index (κ3) is 4.54. The van der Waals surface area contributed by atoms with E-state index >= 15 is 4.39 Å². The number of halogens is 1. The highest BCUT2D eigenvalue weighted by Gasteiger charge is 2.40. The van der Waals surface area contributed by atoms with Crippen LogP contribution in [0.3, 0.4) is 0 Å². The summed E-state index contributed by atoms with van der Waals surface area (Å²) < 4.78 is 16.8. The number of nitrogens with zero attached hydrogens (tertiary/aromatic N) is 7. The molecule has 0 unspecified atom stereocenters. The monoisotopic (exact) mass is 451 g/mol. The Hall–Kier alpha value is -3.10. The summed E-state index contributed by atoms with van der Waals surface area (Å²) in [6.07, 6.45) is 9.09. The molecule has 9 heteroatoms. The Kier molecular flexibility index (Phi) is 5.95. The van der Waals surface area contributed by atoms with Gasteiger partial charge in [0.15, 0.2) is 17.5 Å². The predicted octanol–water partition coefficient (Wildman–Crippen LogP) is 4.32. The first kappa shape index (κ1) is 21.7. The second-order valence-corrected chi connectivity index (χ2v) is 9.28. The molecule has 2 aromatic heterocycles. The minimum absolute atomic E-state index is 0.0342. The van der Waals surface area contributed by atoms with Crippen molar-refractivity contribution in [1.29, 1.82) is 0 Å². The molecule has 8 nitrogen and oxygen atoms in total. The van der Waals surface area contributed by atoms with Gasteiger partial charge in [-0.1, -0.05) is 32.3 Å². The van der Waals surface area contributed by atoms with Gasteiger partial charge in [0.25, 0.3) is 0 Å². The lowest BCUT2D eigenvalue weighted by molar-refractivity contribution is 0.247. The Morgan fingerprint density at radius 3 is 2.61 bits per heavy atom. The van der Waals surface area contributed by atoms with Gasteiger partial charge in [0, 0.05) is 18.7 Å². The number of phenols is 1. The molecule has 0 saturated heterocycles. The lowest BCUT2D eigenvalue weighted by Crippen LogP contribution is -2.44. The van der Waals surface area contributed by atoms with Crippen LogP contribution >= 0.6 is 0 Å². The van der Waals surface area contributed by atoms with Crippen LogP contribution in [-0.4, -0.2) is 53.3 Å². The van der Waals surface area contributed by atoms with E-state index in [9.17, 15) is 5.11 Å². The van der Waals surface area contributed by atoms with E-state index in [1.165, 1.54) is 0 Å². The average molecular weight is 452 g/mol. The van der Waals surface area contributed by atoms with Gasteiger partial charge in [-0.25, -0.2) is 14.4 Å². The third-order valence-electron chi connectivity index (χ3n) is 6.87. The van der Waals surface area contributed by atoms with Crippen molar-refractivity contribution in [3.05, 3.63) is 30.7 Å². The number of aromatic nitrogens is 6. The standard InChI is InChI=1S/C24H30FN7O/c1-3-15-5-4-6-19(25)20(11-15)32(17-8-9-17)22-13-26-24(29-28-22)18-10-7-16(12-21(18)33)23-27-14-31(2)30-23/h7,10,12-15,17,19-20,33H,3-6,8-9,11H2,1-2H3/t15-,19+,20-/m1/s1. The van der Waals surface area contributed by atoms with Gasteiger partial charge in [0.1, 0.15) is 18.2 Å². The summed E-state index contributed by atoms with van der Waals surface area (Å²) in [5.74, 6) is 2.06. The van der Waals surface area contributed by atoms with Crippen molar-refractivity contribution in [2.75, 3.05) is 4.90 Å². The summed E-state index contributed by atoms with van der Waals surface area (Å²) in [7, 11) is 1.79. The minimum atomic E-state index is -0.861. The number of alkyl halides is 1. The van der Waals surface area contributed by atoms with E-state index in [2.05, 4.69) is 37.1 Å². The molecule has 174 valence electrons. The van der Waals surface area contributed by atoms with E-state index in [0.29, 0.717) is 47.0 Å². The van der Waals surface area contributed by atoms with Crippen LogP contribution in [0.4, 0.5) is 10.2 Å². The number of rotatable bonds is 6. The molecule has 0 radical (unpaired) electrons. The highest BCUT2D eigenvalue weighted by molar-refractivity contribution is 5.70. The molecule has 0 aliphatic heterocycles. The number of hydrogen-bond acceptors (Lipinski definition) is 7. The van der Waals surface area contributed by atoms with Crippen LogP contribution in [0.1, 0.15) is 51.9 Å². The van der Waals surface area contributed by atoms with Crippen LogP contribution in [0.25, 0.3) is 22.8 Å². The van der Waals surface area contributed by atoms with Crippen molar-refractivity contribution in [3.63, 3.8) is 0 Å². The van der Waals surface area contributed by atoms with Crippen molar-refractivity contribution in [1.82, 2.24) is 29.9 Å². The van der Waals surface area contributed by atoms with Crippen LogP contribution in [0.2, 0.25) is 0 Å². The van der Waals surface area contributed by atoms with E-state index in [4.69, 9.17) is 0 Å². The summed E-state index contributed by atoms with van der Waals surface area (Å²) in [5, 5.41) is 23.6. The number of phenolic OH excluding ortho intramolecular Hbond substituents is 1. The second-order valence-electron chi connectivity index (χ2n) is 9.28. The average Bonchev–Trinajstić information content (AvgIpc) is 3.59. The largest absolute Gasteiger partial charge is 0.507 e. The molecule has 2 saturated carbocycles. The lowest BCUT2D eigenvalue weighted by Gasteiger charge is -2.35. The van der Waals surface area contributed by atoms with Crippen LogP contribution in [0.5, 0.6) is 5.75 Å². The highest BCUT2D eigenvalue weighted by atomic mass is 19.1. The quantitative estimate of drug-likeness (QED) is 0.558. The maximum atomic E-state index is 15.2. The molecule has 1 aromatic carbocycles. The molecule has 2 aliphatic rings. The first-order valence-corrected chi connectivity index (χ1v) is 11.8. The Balaban J connectivity index is 1.40. The zero-order valence-corrected chi connectivity index (χ0v) is 19.1. The summed E-state index contributed by atoms with van der Waals surface area (Å²) in [4.78, 5) is 10.8. The zero-order chi connectivity index (χ0) is 22.9. The molecule has 0 spiro atoms. The maximum Gasteiger partial charge on any atom is 0.185 e. The Morgan fingerprint density at radius 1 is 1.12 bits per heavy atom. The first-order valence-electron chi connectivity index (χ1n) is 11.8. The number of aryl methyl sites for hydroxylation is 1.